The van der Waals surface area contributed by atoms with E-state index in [1.807, 2.05) is 48.5 Å². The standard InChI is InChI=1S/C18H20O4/c19-17(10-5-11-18(20)21)15-8-4-9-16(12-15)22-13-14-6-2-1-3-7-14/h1-4,6-9,12,17,19H,5,10-11,13H2,(H,20,21). The molecule has 0 aliphatic rings. The first-order valence-corrected chi connectivity index (χ1v) is 7.31. The van der Waals surface area contributed by atoms with Crippen LogP contribution in [0.1, 0.15) is 36.5 Å². The van der Waals surface area contributed by atoms with Gasteiger partial charge in [-0.25, -0.2) is 0 Å². The van der Waals surface area contributed by atoms with Crippen LogP contribution in [-0.4, -0.2) is 16.2 Å². The fourth-order valence-electron chi connectivity index (χ4n) is 2.17. The third kappa shape index (κ3) is 5.22. The van der Waals surface area contributed by atoms with E-state index in [0.717, 1.165) is 11.1 Å². The number of carbonyl (C=O) groups is 1. The number of ether oxygens (including phenoxy) is 1. The molecule has 0 bridgehead atoms. The Balaban J connectivity index is 1.90. The van der Waals surface area contributed by atoms with Crippen LogP contribution in [0.2, 0.25) is 0 Å². The van der Waals surface area contributed by atoms with Crippen molar-refractivity contribution in [2.45, 2.75) is 32.0 Å². The molecule has 0 saturated carbocycles. The zero-order valence-electron chi connectivity index (χ0n) is 12.3. The highest BCUT2D eigenvalue weighted by Gasteiger charge is 2.09. The van der Waals surface area contributed by atoms with Gasteiger partial charge in [-0.1, -0.05) is 42.5 Å². The summed E-state index contributed by atoms with van der Waals surface area (Å²) in [4.78, 5) is 10.5. The van der Waals surface area contributed by atoms with Crippen LogP contribution in [0.15, 0.2) is 54.6 Å². The van der Waals surface area contributed by atoms with Gasteiger partial charge in [-0.15, -0.1) is 0 Å². The minimum Gasteiger partial charge on any atom is -0.489 e. The van der Waals surface area contributed by atoms with Gasteiger partial charge in [-0.3, -0.25) is 4.79 Å². The fraction of sp³-hybridized carbons (Fsp3) is 0.278. The van der Waals surface area contributed by atoms with E-state index in [0.29, 0.717) is 25.2 Å². The Hall–Kier alpha value is -2.33. The highest BCUT2D eigenvalue weighted by Crippen LogP contribution is 2.23. The largest absolute Gasteiger partial charge is 0.489 e. The number of carboxylic acids is 1. The molecule has 0 saturated heterocycles. The Morgan fingerprint density at radius 3 is 2.59 bits per heavy atom. The third-order valence-corrected chi connectivity index (χ3v) is 3.36. The molecule has 2 N–H and O–H groups in total. The van der Waals surface area contributed by atoms with E-state index in [-0.39, 0.29) is 6.42 Å². The van der Waals surface area contributed by atoms with Crippen LogP contribution >= 0.6 is 0 Å². The van der Waals surface area contributed by atoms with Gasteiger partial charge in [0.15, 0.2) is 0 Å². The second-order valence-electron chi connectivity index (χ2n) is 5.15. The molecule has 116 valence electrons. The molecule has 0 heterocycles. The Morgan fingerprint density at radius 2 is 1.86 bits per heavy atom. The summed E-state index contributed by atoms with van der Waals surface area (Å²) in [5.41, 5.74) is 1.82. The summed E-state index contributed by atoms with van der Waals surface area (Å²) < 4.78 is 5.72. The Kier molecular flexibility index (Phi) is 5.98. The van der Waals surface area contributed by atoms with Crippen molar-refractivity contribution in [3.63, 3.8) is 0 Å². The summed E-state index contributed by atoms with van der Waals surface area (Å²) in [6.07, 6.45) is 0.279. The topological polar surface area (TPSA) is 66.8 Å². The quantitative estimate of drug-likeness (QED) is 0.782. The number of aliphatic carboxylic acids is 1. The van der Waals surface area contributed by atoms with E-state index in [2.05, 4.69) is 0 Å². The van der Waals surface area contributed by atoms with Gasteiger partial charge in [0.05, 0.1) is 6.10 Å². The SMILES string of the molecule is O=C(O)CCCC(O)c1cccc(OCc2ccccc2)c1. The molecule has 1 atom stereocenters. The zero-order chi connectivity index (χ0) is 15.8. The number of aliphatic hydroxyl groups excluding tert-OH is 1. The van der Waals surface area contributed by atoms with Gasteiger partial charge in [-0.05, 0) is 36.1 Å². The molecule has 2 aromatic rings. The second kappa shape index (κ2) is 8.20. The maximum absolute atomic E-state index is 10.5. The molecule has 0 aliphatic heterocycles. The fourth-order valence-corrected chi connectivity index (χ4v) is 2.17. The second-order valence-corrected chi connectivity index (χ2v) is 5.15. The normalized spacial score (nSPS) is 11.9. The van der Waals surface area contributed by atoms with Crippen LogP contribution in [0.5, 0.6) is 5.75 Å². The lowest BCUT2D eigenvalue weighted by molar-refractivity contribution is -0.137. The van der Waals surface area contributed by atoms with E-state index in [4.69, 9.17) is 9.84 Å². The number of aliphatic hydroxyl groups is 1. The summed E-state index contributed by atoms with van der Waals surface area (Å²) in [6.45, 7) is 0.472. The van der Waals surface area contributed by atoms with Gasteiger partial charge in [0.25, 0.3) is 0 Å². The minimum absolute atomic E-state index is 0.0707. The first kappa shape index (κ1) is 16.0. The lowest BCUT2D eigenvalue weighted by Crippen LogP contribution is -2.01. The average Bonchev–Trinajstić information content (AvgIpc) is 2.54. The van der Waals surface area contributed by atoms with Crippen molar-refractivity contribution in [3.8, 4) is 5.75 Å². The van der Waals surface area contributed by atoms with Crippen molar-refractivity contribution in [3.05, 3.63) is 65.7 Å². The average molecular weight is 300 g/mol. The van der Waals surface area contributed by atoms with Crippen LogP contribution in [0.3, 0.4) is 0 Å². The van der Waals surface area contributed by atoms with Crippen molar-refractivity contribution in [2.24, 2.45) is 0 Å². The monoisotopic (exact) mass is 300 g/mol. The van der Waals surface area contributed by atoms with Crippen molar-refractivity contribution in [2.75, 3.05) is 0 Å². The zero-order valence-corrected chi connectivity index (χ0v) is 12.3. The maximum Gasteiger partial charge on any atom is 0.303 e. The van der Waals surface area contributed by atoms with E-state index < -0.39 is 12.1 Å². The van der Waals surface area contributed by atoms with Crippen molar-refractivity contribution in [1.29, 1.82) is 0 Å². The van der Waals surface area contributed by atoms with Crippen molar-refractivity contribution < 1.29 is 19.7 Å². The molecule has 1 unspecified atom stereocenters. The first-order chi connectivity index (χ1) is 10.6. The van der Waals surface area contributed by atoms with Crippen LogP contribution in [0, 0.1) is 0 Å². The molecule has 0 aromatic heterocycles. The summed E-state index contributed by atoms with van der Waals surface area (Å²) in [5, 5.41) is 18.7. The van der Waals surface area contributed by atoms with Gasteiger partial charge < -0.3 is 14.9 Å². The molecule has 0 spiro atoms. The molecule has 22 heavy (non-hydrogen) atoms. The predicted molar refractivity (Wildman–Crippen MR) is 83.7 cm³/mol. The summed E-state index contributed by atoms with van der Waals surface area (Å²) in [5.74, 6) is -0.147. The molecule has 4 heteroatoms. The third-order valence-electron chi connectivity index (χ3n) is 3.36. The Morgan fingerprint density at radius 1 is 1.09 bits per heavy atom. The highest BCUT2D eigenvalue weighted by molar-refractivity contribution is 5.66. The number of carboxylic acid groups (broad SMARTS) is 1. The molecular formula is C18H20O4. The number of hydrogen-bond acceptors (Lipinski definition) is 3. The van der Waals surface area contributed by atoms with E-state index >= 15 is 0 Å². The van der Waals surface area contributed by atoms with Gasteiger partial charge in [-0.2, -0.15) is 0 Å². The van der Waals surface area contributed by atoms with Gasteiger partial charge in [0.1, 0.15) is 12.4 Å². The first-order valence-electron chi connectivity index (χ1n) is 7.31. The maximum atomic E-state index is 10.5. The molecule has 4 nitrogen and oxygen atoms in total. The van der Waals surface area contributed by atoms with Crippen molar-refractivity contribution >= 4 is 5.97 Å². The molecule has 0 amide bonds. The van der Waals surface area contributed by atoms with Crippen LogP contribution in [-0.2, 0) is 11.4 Å². The predicted octanol–water partition coefficient (Wildman–Crippen LogP) is 3.55. The lowest BCUT2D eigenvalue weighted by atomic mass is 10.0. The Bertz CT molecular complexity index is 595. The number of benzene rings is 2. The number of hydrogen-bond donors (Lipinski definition) is 2. The summed E-state index contributed by atoms with van der Waals surface area (Å²) in [6, 6.07) is 17.1. The van der Waals surface area contributed by atoms with Gasteiger partial charge in [0, 0.05) is 6.42 Å². The summed E-state index contributed by atoms with van der Waals surface area (Å²) >= 11 is 0. The highest BCUT2D eigenvalue weighted by atomic mass is 16.5. The number of rotatable bonds is 8. The molecular weight excluding hydrogens is 280 g/mol. The molecule has 0 radical (unpaired) electrons. The Labute approximate surface area is 130 Å². The van der Waals surface area contributed by atoms with Crippen LogP contribution < -0.4 is 4.74 Å². The van der Waals surface area contributed by atoms with E-state index in [9.17, 15) is 9.90 Å². The van der Waals surface area contributed by atoms with Crippen LogP contribution in [0.25, 0.3) is 0 Å². The molecule has 0 fully saturated rings. The van der Waals surface area contributed by atoms with Gasteiger partial charge >= 0.3 is 5.97 Å². The lowest BCUT2D eigenvalue weighted by Gasteiger charge is -2.12. The minimum atomic E-state index is -0.841. The molecule has 0 aliphatic carbocycles. The van der Waals surface area contributed by atoms with Crippen molar-refractivity contribution in [1.82, 2.24) is 0 Å². The van der Waals surface area contributed by atoms with E-state index in [1.54, 1.807) is 6.07 Å². The smallest absolute Gasteiger partial charge is 0.303 e. The summed E-state index contributed by atoms with van der Waals surface area (Å²) in [7, 11) is 0. The van der Waals surface area contributed by atoms with Crippen LogP contribution in [0.4, 0.5) is 0 Å². The molecule has 2 rings (SSSR count). The van der Waals surface area contributed by atoms with Gasteiger partial charge in [0.2, 0.25) is 0 Å². The molecule has 2 aromatic carbocycles. The van der Waals surface area contributed by atoms with E-state index in [1.165, 1.54) is 0 Å².